The molecule has 3 rings (SSSR count). The zero-order valence-corrected chi connectivity index (χ0v) is 16.5. The van der Waals surface area contributed by atoms with E-state index in [1.807, 2.05) is 24.0 Å². The standard InChI is InChI=1S/C19H27ClN4O3/c1-15(19(26)21-17-4-2-3-16(20)13-17)23-7-5-22(6-8-23)14-18(25)24-9-11-27-12-10-24/h2-4,13,15H,5-12,14H2,1H3,(H,21,26)/t15-/m1/s1. The van der Waals surface area contributed by atoms with Crippen LogP contribution in [0.1, 0.15) is 6.92 Å². The van der Waals surface area contributed by atoms with E-state index in [0.29, 0.717) is 43.6 Å². The first kappa shape index (κ1) is 20.1. The molecule has 2 amide bonds. The highest BCUT2D eigenvalue weighted by molar-refractivity contribution is 6.30. The first-order valence-electron chi connectivity index (χ1n) is 9.41. The van der Waals surface area contributed by atoms with Gasteiger partial charge in [-0.3, -0.25) is 19.4 Å². The zero-order chi connectivity index (χ0) is 19.2. The van der Waals surface area contributed by atoms with Crippen LogP contribution in [0.25, 0.3) is 0 Å². The van der Waals surface area contributed by atoms with Gasteiger partial charge in [-0.2, -0.15) is 0 Å². The molecule has 0 radical (unpaired) electrons. The van der Waals surface area contributed by atoms with E-state index in [1.54, 1.807) is 12.1 Å². The minimum Gasteiger partial charge on any atom is -0.378 e. The average molecular weight is 395 g/mol. The molecule has 0 spiro atoms. The number of morpholine rings is 1. The Balaban J connectivity index is 1.43. The lowest BCUT2D eigenvalue weighted by atomic mass is 10.2. The summed E-state index contributed by atoms with van der Waals surface area (Å²) in [7, 11) is 0. The van der Waals surface area contributed by atoms with E-state index in [9.17, 15) is 9.59 Å². The summed E-state index contributed by atoms with van der Waals surface area (Å²) in [5.74, 6) is 0.119. The number of hydrogen-bond acceptors (Lipinski definition) is 5. The highest BCUT2D eigenvalue weighted by Gasteiger charge is 2.27. The van der Waals surface area contributed by atoms with Gasteiger partial charge in [-0.1, -0.05) is 17.7 Å². The summed E-state index contributed by atoms with van der Waals surface area (Å²) >= 11 is 5.97. The van der Waals surface area contributed by atoms with E-state index in [4.69, 9.17) is 16.3 Å². The smallest absolute Gasteiger partial charge is 0.241 e. The molecule has 1 aromatic rings. The van der Waals surface area contributed by atoms with Crippen LogP contribution in [-0.4, -0.2) is 91.6 Å². The summed E-state index contributed by atoms with van der Waals surface area (Å²) in [5, 5.41) is 3.51. The summed E-state index contributed by atoms with van der Waals surface area (Å²) in [5.41, 5.74) is 0.703. The highest BCUT2D eigenvalue weighted by Crippen LogP contribution is 2.16. The average Bonchev–Trinajstić information content (AvgIpc) is 2.68. The largest absolute Gasteiger partial charge is 0.378 e. The van der Waals surface area contributed by atoms with Gasteiger partial charge in [0, 0.05) is 50.0 Å². The molecule has 0 bridgehead atoms. The number of carbonyl (C=O) groups is 2. The van der Waals surface area contributed by atoms with Gasteiger partial charge in [0.2, 0.25) is 11.8 Å². The Labute approximate surface area is 165 Å². The van der Waals surface area contributed by atoms with E-state index in [1.165, 1.54) is 0 Å². The van der Waals surface area contributed by atoms with Crippen molar-refractivity contribution in [2.45, 2.75) is 13.0 Å². The number of hydrogen-bond donors (Lipinski definition) is 1. The molecule has 7 nitrogen and oxygen atoms in total. The zero-order valence-electron chi connectivity index (χ0n) is 15.7. The van der Waals surface area contributed by atoms with E-state index in [2.05, 4.69) is 15.1 Å². The van der Waals surface area contributed by atoms with Gasteiger partial charge in [0.1, 0.15) is 0 Å². The lowest BCUT2D eigenvalue weighted by Gasteiger charge is -2.38. The van der Waals surface area contributed by atoms with E-state index in [-0.39, 0.29) is 17.9 Å². The number of nitrogens with zero attached hydrogens (tertiary/aromatic N) is 3. The van der Waals surface area contributed by atoms with Crippen molar-refractivity contribution in [1.29, 1.82) is 0 Å². The van der Waals surface area contributed by atoms with Crippen LogP contribution in [0.2, 0.25) is 5.02 Å². The van der Waals surface area contributed by atoms with E-state index in [0.717, 1.165) is 26.2 Å². The predicted octanol–water partition coefficient (Wildman–Crippen LogP) is 1.14. The molecule has 8 heteroatoms. The van der Waals surface area contributed by atoms with Gasteiger partial charge in [0.05, 0.1) is 25.8 Å². The third-order valence-corrected chi connectivity index (χ3v) is 5.38. The van der Waals surface area contributed by atoms with Gasteiger partial charge in [-0.15, -0.1) is 0 Å². The Morgan fingerprint density at radius 1 is 1.15 bits per heavy atom. The maximum Gasteiger partial charge on any atom is 0.241 e. The van der Waals surface area contributed by atoms with Gasteiger partial charge in [-0.25, -0.2) is 0 Å². The van der Waals surface area contributed by atoms with Gasteiger partial charge < -0.3 is 15.0 Å². The maximum absolute atomic E-state index is 12.5. The van der Waals surface area contributed by atoms with Crippen molar-refractivity contribution in [2.24, 2.45) is 0 Å². The summed E-state index contributed by atoms with van der Waals surface area (Å²) in [6, 6.07) is 6.92. The molecule has 148 valence electrons. The Morgan fingerprint density at radius 3 is 2.52 bits per heavy atom. The summed E-state index contributed by atoms with van der Waals surface area (Å²) in [6.07, 6.45) is 0. The van der Waals surface area contributed by atoms with Crippen LogP contribution in [0.15, 0.2) is 24.3 Å². The number of piperazine rings is 1. The van der Waals surface area contributed by atoms with E-state index >= 15 is 0 Å². The SMILES string of the molecule is C[C@H](C(=O)Nc1cccc(Cl)c1)N1CCN(CC(=O)N2CCOCC2)CC1. The van der Waals surface area contributed by atoms with Crippen LogP contribution >= 0.6 is 11.6 Å². The molecule has 2 aliphatic rings. The quantitative estimate of drug-likeness (QED) is 0.811. The van der Waals surface area contributed by atoms with Crippen molar-refractivity contribution in [3.63, 3.8) is 0 Å². The topological polar surface area (TPSA) is 65.1 Å². The summed E-state index contributed by atoms with van der Waals surface area (Å²) in [6.45, 7) is 8.05. The van der Waals surface area contributed by atoms with Crippen LogP contribution in [-0.2, 0) is 14.3 Å². The Kier molecular flexibility index (Phi) is 7.07. The van der Waals surface area contributed by atoms with Crippen LogP contribution in [0, 0.1) is 0 Å². The second-order valence-corrected chi connectivity index (χ2v) is 7.42. The van der Waals surface area contributed by atoms with Crippen LogP contribution in [0.3, 0.4) is 0 Å². The number of ether oxygens (including phenoxy) is 1. The molecule has 1 aromatic carbocycles. The Bertz CT molecular complexity index is 658. The first-order valence-corrected chi connectivity index (χ1v) is 9.79. The number of amides is 2. The Morgan fingerprint density at radius 2 is 1.85 bits per heavy atom. The van der Waals surface area contributed by atoms with Gasteiger partial charge in [-0.05, 0) is 25.1 Å². The lowest BCUT2D eigenvalue weighted by Crippen LogP contribution is -2.55. The molecule has 2 aliphatic heterocycles. The molecule has 0 aromatic heterocycles. The molecular formula is C19H27ClN4O3. The van der Waals surface area contributed by atoms with Crippen molar-refractivity contribution in [3.05, 3.63) is 29.3 Å². The number of rotatable bonds is 5. The number of benzene rings is 1. The van der Waals surface area contributed by atoms with E-state index < -0.39 is 0 Å². The van der Waals surface area contributed by atoms with Crippen molar-refractivity contribution in [3.8, 4) is 0 Å². The molecule has 0 aliphatic carbocycles. The Hall–Kier alpha value is -1.67. The third-order valence-electron chi connectivity index (χ3n) is 5.15. The van der Waals surface area contributed by atoms with Crippen molar-refractivity contribution >= 4 is 29.1 Å². The number of carbonyl (C=O) groups excluding carboxylic acids is 2. The number of halogens is 1. The van der Waals surface area contributed by atoms with Crippen LogP contribution in [0.5, 0.6) is 0 Å². The maximum atomic E-state index is 12.5. The predicted molar refractivity (Wildman–Crippen MR) is 105 cm³/mol. The van der Waals surface area contributed by atoms with Crippen molar-refractivity contribution < 1.29 is 14.3 Å². The molecular weight excluding hydrogens is 368 g/mol. The fourth-order valence-corrected chi connectivity index (χ4v) is 3.58. The number of anilines is 1. The highest BCUT2D eigenvalue weighted by atomic mass is 35.5. The summed E-state index contributed by atoms with van der Waals surface area (Å²) < 4.78 is 5.29. The van der Waals surface area contributed by atoms with Crippen LogP contribution in [0.4, 0.5) is 5.69 Å². The molecule has 1 atom stereocenters. The molecule has 0 saturated carbocycles. The second kappa shape index (κ2) is 9.50. The molecule has 2 fully saturated rings. The van der Waals surface area contributed by atoms with Gasteiger partial charge in [0.15, 0.2) is 0 Å². The molecule has 2 saturated heterocycles. The number of nitrogens with one attached hydrogen (secondary N) is 1. The second-order valence-electron chi connectivity index (χ2n) is 6.98. The minimum absolute atomic E-state index is 0.0462. The first-order chi connectivity index (χ1) is 13.0. The fraction of sp³-hybridized carbons (Fsp3) is 0.579. The van der Waals surface area contributed by atoms with Crippen molar-refractivity contribution in [1.82, 2.24) is 14.7 Å². The fourth-order valence-electron chi connectivity index (χ4n) is 3.39. The summed E-state index contributed by atoms with van der Waals surface area (Å²) in [4.78, 5) is 31.1. The molecule has 0 unspecified atom stereocenters. The molecule has 2 heterocycles. The third kappa shape index (κ3) is 5.65. The van der Waals surface area contributed by atoms with Crippen LogP contribution < -0.4 is 5.32 Å². The lowest BCUT2D eigenvalue weighted by molar-refractivity contribution is -0.137. The monoisotopic (exact) mass is 394 g/mol. The normalized spacial score (nSPS) is 20.3. The molecule has 1 N–H and O–H groups in total. The van der Waals surface area contributed by atoms with Gasteiger partial charge in [0.25, 0.3) is 0 Å². The van der Waals surface area contributed by atoms with Crippen molar-refractivity contribution in [2.75, 3.05) is 64.3 Å². The van der Waals surface area contributed by atoms with Gasteiger partial charge >= 0.3 is 0 Å². The molecule has 27 heavy (non-hydrogen) atoms. The minimum atomic E-state index is -0.235.